The second-order valence-electron chi connectivity index (χ2n) is 6.10. The maximum Gasteiger partial charge on any atom is 0.0547 e. The summed E-state index contributed by atoms with van der Waals surface area (Å²) in [5, 5.41) is 3.73. The van der Waals surface area contributed by atoms with Gasteiger partial charge in [-0.1, -0.05) is 13.0 Å². The molecule has 2 atom stereocenters. The van der Waals surface area contributed by atoms with E-state index >= 15 is 0 Å². The Hall–Kier alpha value is -0.930. The molecular formula is C16H25N3. The Balaban J connectivity index is 1.67. The predicted octanol–water partition coefficient (Wildman–Crippen LogP) is 2.49. The van der Waals surface area contributed by atoms with Gasteiger partial charge < -0.3 is 5.32 Å². The molecule has 1 aromatic rings. The zero-order chi connectivity index (χ0) is 13.2. The summed E-state index contributed by atoms with van der Waals surface area (Å²) in [4.78, 5) is 7.27. The minimum absolute atomic E-state index is 0.742. The molecule has 3 heteroatoms. The molecule has 2 aliphatic heterocycles. The van der Waals surface area contributed by atoms with E-state index in [0.29, 0.717) is 0 Å². The third kappa shape index (κ3) is 2.98. The fraction of sp³-hybridized carbons (Fsp3) is 0.688. The summed E-state index contributed by atoms with van der Waals surface area (Å²) in [5.41, 5.74) is 2.34. The van der Waals surface area contributed by atoms with Crippen LogP contribution in [0.5, 0.6) is 0 Å². The van der Waals surface area contributed by atoms with E-state index in [4.69, 9.17) is 0 Å². The summed E-state index contributed by atoms with van der Waals surface area (Å²) in [6.07, 6.45) is 5.38. The third-order valence-corrected chi connectivity index (χ3v) is 4.68. The maximum absolute atomic E-state index is 4.65. The highest BCUT2D eigenvalue weighted by molar-refractivity contribution is 5.10. The lowest BCUT2D eigenvalue weighted by Crippen LogP contribution is -2.48. The van der Waals surface area contributed by atoms with Gasteiger partial charge in [-0.3, -0.25) is 9.88 Å². The van der Waals surface area contributed by atoms with Crippen LogP contribution in [0.15, 0.2) is 18.2 Å². The minimum Gasteiger partial charge on any atom is -0.311 e. The smallest absolute Gasteiger partial charge is 0.0547 e. The average Bonchev–Trinajstić information content (AvgIpc) is 2.75. The minimum atomic E-state index is 0.742. The lowest BCUT2D eigenvalue weighted by Gasteiger charge is -2.37. The summed E-state index contributed by atoms with van der Waals surface area (Å²) in [6.45, 7) is 6.48. The van der Waals surface area contributed by atoms with E-state index in [1.807, 2.05) is 0 Å². The average molecular weight is 259 g/mol. The molecule has 0 radical (unpaired) electrons. The number of aromatic nitrogens is 1. The van der Waals surface area contributed by atoms with Crippen LogP contribution in [0.1, 0.15) is 44.0 Å². The number of nitrogens with zero attached hydrogens (tertiary/aromatic N) is 2. The monoisotopic (exact) mass is 259 g/mol. The number of nitrogens with one attached hydrogen (secondary N) is 1. The van der Waals surface area contributed by atoms with Crippen LogP contribution in [0.3, 0.4) is 0 Å². The lowest BCUT2D eigenvalue weighted by atomic mass is 9.98. The van der Waals surface area contributed by atoms with Gasteiger partial charge in [0.1, 0.15) is 0 Å². The van der Waals surface area contributed by atoms with Gasteiger partial charge in [-0.05, 0) is 51.3 Å². The van der Waals surface area contributed by atoms with E-state index in [9.17, 15) is 0 Å². The molecule has 19 heavy (non-hydrogen) atoms. The Morgan fingerprint density at radius 2 is 2.00 bits per heavy atom. The first-order valence-corrected chi connectivity index (χ1v) is 7.67. The number of piperidine rings is 1. The second kappa shape index (κ2) is 5.59. The molecular weight excluding hydrogens is 234 g/mol. The van der Waals surface area contributed by atoms with E-state index in [1.54, 1.807) is 0 Å². The highest BCUT2D eigenvalue weighted by Crippen LogP contribution is 2.30. The first-order chi connectivity index (χ1) is 9.24. The number of hydrogen-bond donors (Lipinski definition) is 1. The van der Waals surface area contributed by atoms with Crippen molar-refractivity contribution in [2.45, 2.75) is 64.2 Å². The van der Waals surface area contributed by atoms with Crippen LogP contribution in [-0.4, -0.2) is 34.6 Å². The molecule has 2 fully saturated rings. The molecule has 2 saturated heterocycles. The van der Waals surface area contributed by atoms with Crippen LogP contribution in [0.2, 0.25) is 0 Å². The Morgan fingerprint density at radius 1 is 1.26 bits per heavy atom. The quantitative estimate of drug-likeness (QED) is 0.900. The van der Waals surface area contributed by atoms with Gasteiger partial charge in [-0.25, -0.2) is 0 Å². The van der Waals surface area contributed by atoms with Crippen molar-refractivity contribution in [1.82, 2.24) is 15.2 Å². The highest BCUT2D eigenvalue weighted by Gasteiger charge is 2.35. The molecule has 3 heterocycles. The Labute approximate surface area is 116 Å². The Bertz CT molecular complexity index is 420. The predicted molar refractivity (Wildman–Crippen MR) is 78.0 cm³/mol. The fourth-order valence-corrected chi connectivity index (χ4v) is 3.72. The summed E-state index contributed by atoms with van der Waals surface area (Å²) in [5.74, 6) is 0. The second-order valence-corrected chi connectivity index (χ2v) is 6.10. The van der Waals surface area contributed by atoms with Crippen LogP contribution in [-0.2, 0) is 6.54 Å². The molecule has 1 aromatic heterocycles. The first-order valence-electron chi connectivity index (χ1n) is 7.67. The number of fused-ring (bicyclic) bond motifs is 2. The molecule has 0 amide bonds. The molecule has 0 saturated carbocycles. The Morgan fingerprint density at radius 3 is 2.63 bits per heavy atom. The third-order valence-electron chi connectivity index (χ3n) is 4.68. The van der Waals surface area contributed by atoms with Gasteiger partial charge in [-0.2, -0.15) is 0 Å². The van der Waals surface area contributed by atoms with Crippen molar-refractivity contribution in [3.05, 3.63) is 29.6 Å². The van der Waals surface area contributed by atoms with E-state index in [1.165, 1.54) is 31.4 Å². The van der Waals surface area contributed by atoms with Crippen LogP contribution >= 0.6 is 0 Å². The van der Waals surface area contributed by atoms with E-state index in [-0.39, 0.29) is 0 Å². The van der Waals surface area contributed by atoms with Crippen molar-refractivity contribution >= 4 is 0 Å². The Kier molecular flexibility index (Phi) is 3.85. The number of aryl methyl sites for hydroxylation is 1. The largest absolute Gasteiger partial charge is 0.311 e. The van der Waals surface area contributed by atoms with Crippen LogP contribution in [0, 0.1) is 6.92 Å². The van der Waals surface area contributed by atoms with Crippen molar-refractivity contribution in [3.63, 3.8) is 0 Å². The fourth-order valence-electron chi connectivity index (χ4n) is 3.72. The van der Waals surface area contributed by atoms with Gasteiger partial charge in [0.05, 0.1) is 5.69 Å². The molecule has 3 nitrogen and oxygen atoms in total. The first kappa shape index (κ1) is 13.1. The van der Waals surface area contributed by atoms with Gasteiger partial charge in [-0.15, -0.1) is 0 Å². The molecule has 2 unspecified atom stereocenters. The molecule has 2 bridgehead atoms. The molecule has 2 aliphatic rings. The summed E-state index contributed by atoms with van der Waals surface area (Å²) >= 11 is 0. The molecule has 0 aliphatic carbocycles. The molecule has 0 spiro atoms. The van der Waals surface area contributed by atoms with Gasteiger partial charge in [0, 0.05) is 30.4 Å². The highest BCUT2D eigenvalue weighted by atomic mass is 15.2. The number of hydrogen-bond acceptors (Lipinski definition) is 3. The van der Waals surface area contributed by atoms with Gasteiger partial charge >= 0.3 is 0 Å². The summed E-state index contributed by atoms with van der Waals surface area (Å²) in [6, 6.07) is 8.63. The van der Waals surface area contributed by atoms with Crippen LogP contribution < -0.4 is 5.32 Å². The lowest BCUT2D eigenvalue weighted by molar-refractivity contribution is 0.139. The molecule has 104 valence electrons. The zero-order valence-electron chi connectivity index (χ0n) is 12.1. The van der Waals surface area contributed by atoms with Gasteiger partial charge in [0.15, 0.2) is 0 Å². The summed E-state index contributed by atoms with van der Waals surface area (Å²) in [7, 11) is 0. The van der Waals surface area contributed by atoms with E-state index < -0.39 is 0 Å². The summed E-state index contributed by atoms with van der Waals surface area (Å²) < 4.78 is 0. The van der Waals surface area contributed by atoms with Crippen molar-refractivity contribution in [2.24, 2.45) is 0 Å². The van der Waals surface area contributed by atoms with Crippen molar-refractivity contribution < 1.29 is 0 Å². The van der Waals surface area contributed by atoms with Crippen molar-refractivity contribution in [3.8, 4) is 0 Å². The molecule has 3 rings (SSSR count). The van der Waals surface area contributed by atoms with E-state index in [0.717, 1.165) is 36.9 Å². The SMILES string of the molecule is CCN(Cc1cccc(C)n1)C1CC2CCC(C1)N2. The number of rotatable bonds is 4. The van der Waals surface area contributed by atoms with Gasteiger partial charge in [0.25, 0.3) is 0 Å². The van der Waals surface area contributed by atoms with Crippen molar-refractivity contribution in [1.29, 1.82) is 0 Å². The van der Waals surface area contributed by atoms with Crippen molar-refractivity contribution in [2.75, 3.05) is 6.54 Å². The van der Waals surface area contributed by atoms with Crippen LogP contribution in [0.25, 0.3) is 0 Å². The molecule has 1 N–H and O–H groups in total. The maximum atomic E-state index is 4.65. The number of pyridine rings is 1. The topological polar surface area (TPSA) is 28.2 Å². The van der Waals surface area contributed by atoms with Gasteiger partial charge in [0.2, 0.25) is 0 Å². The zero-order valence-corrected chi connectivity index (χ0v) is 12.1. The van der Waals surface area contributed by atoms with E-state index in [2.05, 4.69) is 47.2 Å². The van der Waals surface area contributed by atoms with Crippen LogP contribution in [0.4, 0.5) is 0 Å². The standard InChI is InChI=1S/C16H25N3/c1-3-19(11-15-6-4-5-12(2)17-15)16-9-13-7-8-14(10-16)18-13/h4-6,13-14,16,18H,3,7-11H2,1-2H3. The normalized spacial score (nSPS) is 29.9. The molecule has 0 aromatic carbocycles.